The summed E-state index contributed by atoms with van der Waals surface area (Å²) in [7, 11) is 1.89. The maximum absolute atomic E-state index is 14.8. The molecule has 36 heavy (non-hydrogen) atoms. The van der Waals surface area contributed by atoms with Crippen molar-refractivity contribution in [1.29, 1.82) is 0 Å². The van der Waals surface area contributed by atoms with Crippen LogP contribution in [0.4, 0.5) is 14.0 Å². The van der Waals surface area contributed by atoms with Crippen molar-refractivity contribution in [3.63, 3.8) is 0 Å². The summed E-state index contributed by atoms with van der Waals surface area (Å²) in [6.45, 7) is 5.44. The zero-order valence-electron chi connectivity index (χ0n) is 21.4. The Morgan fingerprint density at radius 2 is 2.06 bits per heavy atom. The molecule has 2 saturated heterocycles. The lowest BCUT2D eigenvalue weighted by Gasteiger charge is -2.38. The molecule has 0 bridgehead atoms. The number of halogens is 1. The summed E-state index contributed by atoms with van der Waals surface area (Å²) in [5, 5.41) is 17.5. The van der Waals surface area contributed by atoms with Crippen LogP contribution in [0.2, 0.25) is 0 Å². The number of likely N-dealkylation sites (N-methyl/N-ethyl adjacent to an activating group) is 1. The maximum Gasteiger partial charge on any atom is 0.404 e. The van der Waals surface area contributed by atoms with Gasteiger partial charge in [0.1, 0.15) is 5.82 Å². The second kappa shape index (κ2) is 14.3. The molecule has 2 heterocycles. The monoisotopic (exact) mass is 508 g/mol. The van der Waals surface area contributed by atoms with Gasteiger partial charge in [0.25, 0.3) is 0 Å². The standard InChI is InChI=1S/C26H41FN4O5/c1-18-5-6-23(27)22(14-18)24(36-13-9-29-26(33)34)20-4-3-10-31(17-20)25(32)30-21(16-28-2)15-19-7-11-35-12-8-19/h5-6,14,19-21,24,28-29H,3-4,7-13,15-17H2,1-2H3,(H,30,32)(H,33,34). The van der Waals surface area contributed by atoms with Gasteiger partial charge in [-0.3, -0.25) is 0 Å². The van der Waals surface area contributed by atoms with Gasteiger partial charge in [-0.25, -0.2) is 14.0 Å². The van der Waals surface area contributed by atoms with Crippen molar-refractivity contribution in [3.8, 4) is 0 Å². The van der Waals surface area contributed by atoms with Crippen LogP contribution in [0.1, 0.15) is 49.3 Å². The first-order valence-corrected chi connectivity index (χ1v) is 13.0. The highest BCUT2D eigenvalue weighted by Gasteiger charge is 2.33. The number of rotatable bonds is 11. The van der Waals surface area contributed by atoms with E-state index in [2.05, 4.69) is 16.0 Å². The number of carbonyl (C=O) groups excluding carboxylic acids is 1. The number of nitrogens with zero attached hydrogens (tertiary/aromatic N) is 1. The molecule has 10 heteroatoms. The van der Waals surface area contributed by atoms with Crippen LogP contribution in [0.25, 0.3) is 0 Å². The zero-order valence-corrected chi connectivity index (χ0v) is 21.4. The molecule has 2 fully saturated rings. The minimum Gasteiger partial charge on any atom is -0.465 e. The van der Waals surface area contributed by atoms with E-state index in [1.165, 1.54) is 6.07 Å². The van der Waals surface area contributed by atoms with Gasteiger partial charge in [-0.2, -0.15) is 0 Å². The lowest BCUT2D eigenvalue weighted by Crippen LogP contribution is -2.52. The van der Waals surface area contributed by atoms with E-state index in [4.69, 9.17) is 14.6 Å². The molecule has 4 N–H and O–H groups in total. The molecule has 202 valence electrons. The van der Waals surface area contributed by atoms with Gasteiger partial charge in [-0.1, -0.05) is 17.7 Å². The summed E-state index contributed by atoms with van der Waals surface area (Å²) in [4.78, 5) is 25.9. The van der Waals surface area contributed by atoms with Crippen LogP contribution in [0.15, 0.2) is 18.2 Å². The van der Waals surface area contributed by atoms with E-state index >= 15 is 0 Å². The van der Waals surface area contributed by atoms with Gasteiger partial charge in [-0.15, -0.1) is 0 Å². The van der Waals surface area contributed by atoms with Gasteiger partial charge >= 0.3 is 12.1 Å². The number of carbonyl (C=O) groups is 2. The number of amides is 3. The normalized spacial score (nSPS) is 20.5. The van der Waals surface area contributed by atoms with Crippen LogP contribution in [0.3, 0.4) is 0 Å². The summed E-state index contributed by atoms with van der Waals surface area (Å²) >= 11 is 0. The number of carboxylic acid groups (broad SMARTS) is 1. The molecule has 1 aromatic rings. The number of nitrogens with one attached hydrogen (secondary N) is 3. The predicted octanol–water partition coefficient (Wildman–Crippen LogP) is 3.29. The first-order chi connectivity index (χ1) is 17.4. The van der Waals surface area contributed by atoms with E-state index in [1.54, 1.807) is 17.0 Å². The molecule has 3 rings (SSSR count). The molecule has 3 amide bonds. The van der Waals surface area contributed by atoms with E-state index < -0.39 is 12.2 Å². The van der Waals surface area contributed by atoms with Crippen molar-refractivity contribution < 1.29 is 28.6 Å². The first-order valence-electron chi connectivity index (χ1n) is 13.0. The fourth-order valence-electron chi connectivity index (χ4n) is 5.24. The number of ether oxygens (including phenoxy) is 2. The van der Waals surface area contributed by atoms with E-state index in [0.29, 0.717) is 31.1 Å². The molecule has 1 aromatic carbocycles. The molecule has 2 aliphatic rings. The fourth-order valence-corrected chi connectivity index (χ4v) is 5.24. The lowest BCUT2D eigenvalue weighted by molar-refractivity contribution is -0.0105. The van der Waals surface area contributed by atoms with Crippen molar-refractivity contribution in [2.24, 2.45) is 11.8 Å². The van der Waals surface area contributed by atoms with Crippen molar-refractivity contribution in [2.45, 2.75) is 51.2 Å². The van der Waals surface area contributed by atoms with Crippen LogP contribution in [-0.2, 0) is 9.47 Å². The third-order valence-electron chi connectivity index (χ3n) is 7.04. The molecular formula is C26H41FN4O5. The fraction of sp³-hybridized carbons (Fsp3) is 0.692. The van der Waals surface area contributed by atoms with Crippen LogP contribution in [0, 0.1) is 24.6 Å². The Balaban J connectivity index is 1.66. The van der Waals surface area contributed by atoms with Gasteiger partial charge in [-0.05, 0) is 58.1 Å². The van der Waals surface area contributed by atoms with E-state index in [1.807, 2.05) is 14.0 Å². The number of piperidine rings is 1. The quantitative estimate of drug-likeness (QED) is 0.341. The van der Waals surface area contributed by atoms with Crippen LogP contribution in [-0.4, -0.2) is 81.2 Å². The Morgan fingerprint density at radius 3 is 2.78 bits per heavy atom. The Hall–Kier alpha value is -2.43. The second-order valence-electron chi connectivity index (χ2n) is 9.89. The molecule has 0 aromatic heterocycles. The van der Waals surface area contributed by atoms with Crippen LogP contribution < -0.4 is 16.0 Å². The molecule has 0 spiro atoms. The molecular weight excluding hydrogens is 467 g/mol. The van der Waals surface area contributed by atoms with Gasteiger partial charge in [0.05, 0.1) is 12.7 Å². The largest absolute Gasteiger partial charge is 0.465 e. The average molecular weight is 509 g/mol. The predicted molar refractivity (Wildman–Crippen MR) is 135 cm³/mol. The number of hydrogen-bond acceptors (Lipinski definition) is 5. The van der Waals surface area contributed by atoms with Gasteiger partial charge < -0.3 is 35.4 Å². The topological polar surface area (TPSA) is 112 Å². The van der Waals surface area contributed by atoms with Crippen LogP contribution >= 0.6 is 0 Å². The minimum absolute atomic E-state index is 0.0225. The molecule has 0 aliphatic carbocycles. The Labute approximate surface area is 213 Å². The number of likely N-dealkylation sites (tertiary alicyclic amines) is 1. The highest BCUT2D eigenvalue weighted by atomic mass is 19.1. The molecule has 3 atom stereocenters. The average Bonchev–Trinajstić information content (AvgIpc) is 2.86. The molecule has 0 radical (unpaired) electrons. The van der Waals surface area contributed by atoms with Gasteiger partial charge in [0, 0.05) is 56.9 Å². The third kappa shape index (κ3) is 8.60. The van der Waals surface area contributed by atoms with Crippen LogP contribution in [0.5, 0.6) is 0 Å². The number of aryl methyl sites for hydroxylation is 1. The number of hydrogen-bond donors (Lipinski definition) is 4. The van der Waals surface area contributed by atoms with E-state index in [0.717, 1.165) is 50.9 Å². The van der Waals surface area contributed by atoms with Crippen molar-refractivity contribution in [1.82, 2.24) is 20.9 Å². The van der Waals surface area contributed by atoms with Gasteiger partial charge in [0.2, 0.25) is 0 Å². The Morgan fingerprint density at radius 1 is 1.28 bits per heavy atom. The Bertz CT molecular complexity index is 852. The maximum atomic E-state index is 14.8. The molecule has 2 aliphatic heterocycles. The number of benzene rings is 1. The van der Waals surface area contributed by atoms with E-state index in [9.17, 15) is 14.0 Å². The summed E-state index contributed by atoms with van der Waals surface area (Å²) in [5.41, 5.74) is 1.36. The Kier molecular flexibility index (Phi) is 11.2. The minimum atomic E-state index is -1.13. The summed E-state index contributed by atoms with van der Waals surface area (Å²) < 4.78 is 26.4. The van der Waals surface area contributed by atoms with Crippen molar-refractivity contribution in [3.05, 3.63) is 35.1 Å². The smallest absolute Gasteiger partial charge is 0.404 e. The number of urea groups is 1. The lowest BCUT2D eigenvalue weighted by atomic mass is 9.87. The molecule has 3 unspecified atom stereocenters. The first kappa shape index (κ1) is 28.1. The highest BCUT2D eigenvalue weighted by molar-refractivity contribution is 5.74. The summed E-state index contributed by atoms with van der Waals surface area (Å²) in [6, 6.07) is 4.84. The van der Waals surface area contributed by atoms with Gasteiger partial charge in [0.15, 0.2) is 0 Å². The SMILES string of the molecule is CNCC(CC1CCOCC1)NC(=O)N1CCCC(C(OCCNC(=O)O)c2cc(C)ccc2F)C1. The van der Waals surface area contributed by atoms with E-state index in [-0.39, 0.29) is 37.0 Å². The molecule has 0 saturated carbocycles. The third-order valence-corrected chi connectivity index (χ3v) is 7.04. The van der Waals surface area contributed by atoms with Crippen molar-refractivity contribution in [2.75, 3.05) is 53.0 Å². The second-order valence-corrected chi connectivity index (χ2v) is 9.89. The zero-order chi connectivity index (χ0) is 25.9. The van der Waals surface area contributed by atoms with Crippen molar-refractivity contribution >= 4 is 12.1 Å². The summed E-state index contributed by atoms with van der Waals surface area (Å²) in [5.74, 6) is 0.0702. The highest BCUT2D eigenvalue weighted by Crippen LogP contribution is 2.35. The molecule has 9 nitrogen and oxygen atoms in total. The summed E-state index contributed by atoms with van der Waals surface area (Å²) in [6.07, 6.45) is 2.80.